The number of nitriles is 2. The van der Waals surface area contributed by atoms with Gasteiger partial charge in [-0.2, -0.15) is 10.5 Å². The minimum absolute atomic E-state index is 0.00616. The molecule has 4 rings (SSSR count). The van der Waals surface area contributed by atoms with Crippen molar-refractivity contribution in [2.45, 2.75) is 17.3 Å². The maximum Gasteiger partial charge on any atom is 0.112 e. The second-order valence-electron chi connectivity index (χ2n) is 6.07. The number of hydrogen-bond donors (Lipinski definition) is 0. The fourth-order valence-corrected chi connectivity index (χ4v) is 4.43. The van der Waals surface area contributed by atoms with Gasteiger partial charge in [-0.05, 0) is 28.7 Å². The first kappa shape index (κ1) is 12.9. The first-order chi connectivity index (χ1) is 10.7. The van der Waals surface area contributed by atoms with Crippen molar-refractivity contribution < 1.29 is 0 Å². The molecule has 0 radical (unpaired) electrons. The molecule has 3 atom stereocenters. The number of allylic oxidation sites excluding steroid dienone is 1. The molecular formula is C20H14N2. The van der Waals surface area contributed by atoms with Crippen LogP contribution in [0.4, 0.5) is 0 Å². The van der Waals surface area contributed by atoms with Crippen molar-refractivity contribution in [3.8, 4) is 23.3 Å². The van der Waals surface area contributed by atoms with Crippen LogP contribution in [0.15, 0.2) is 61.2 Å². The lowest BCUT2D eigenvalue weighted by molar-refractivity contribution is 0.114. The number of nitrogens with zero attached hydrogens (tertiary/aromatic N) is 2. The minimum atomic E-state index is -0.825. The van der Waals surface area contributed by atoms with E-state index in [2.05, 4.69) is 24.8 Å². The Labute approximate surface area is 129 Å². The van der Waals surface area contributed by atoms with E-state index >= 15 is 0 Å². The number of benzene rings is 2. The average Bonchev–Trinajstić information content (AvgIpc) is 2.56. The fourth-order valence-electron chi connectivity index (χ4n) is 4.43. The molecule has 2 aromatic rings. The largest absolute Gasteiger partial charge is 0.197 e. The highest BCUT2D eigenvalue weighted by Crippen LogP contribution is 2.67. The third-order valence-electron chi connectivity index (χ3n) is 5.44. The Morgan fingerprint density at radius 1 is 0.955 bits per heavy atom. The maximum atomic E-state index is 10.1. The molecule has 0 aliphatic heterocycles. The van der Waals surface area contributed by atoms with E-state index in [1.54, 1.807) is 0 Å². The van der Waals surface area contributed by atoms with Crippen molar-refractivity contribution in [2.75, 3.05) is 0 Å². The average molecular weight is 282 g/mol. The first-order valence-corrected chi connectivity index (χ1v) is 7.39. The SMILES string of the molecule is C=C[C@@H]1C[C@@]2(C#N)c3ccccc3-c3ccccc3[C@@]12C#N. The Morgan fingerprint density at radius 3 is 2.14 bits per heavy atom. The summed E-state index contributed by atoms with van der Waals surface area (Å²) in [6.45, 7) is 3.90. The zero-order valence-electron chi connectivity index (χ0n) is 12.1. The maximum absolute atomic E-state index is 10.1. The van der Waals surface area contributed by atoms with Gasteiger partial charge in [-0.15, -0.1) is 6.58 Å². The van der Waals surface area contributed by atoms with Gasteiger partial charge in [0, 0.05) is 5.92 Å². The number of hydrogen-bond acceptors (Lipinski definition) is 2. The van der Waals surface area contributed by atoms with E-state index in [0.717, 1.165) is 22.3 Å². The second-order valence-corrected chi connectivity index (χ2v) is 6.07. The van der Waals surface area contributed by atoms with E-state index < -0.39 is 10.8 Å². The van der Waals surface area contributed by atoms with Crippen LogP contribution in [-0.4, -0.2) is 0 Å². The predicted octanol–water partition coefficient (Wildman–Crippen LogP) is 4.10. The normalized spacial score (nSPS) is 30.5. The Bertz CT molecular complexity index is 883. The van der Waals surface area contributed by atoms with Crippen molar-refractivity contribution in [3.05, 3.63) is 72.3 Å². The summed E-state index contributed by atoms with van der Waals surface area (Å²) in [7, 11) is 0. The highest BCUT2D eigenvalue weighted by atomic mass is 14.7. The zero-order chi connectivity index (χ0) is 15.4. The van der Waals surface area contributed by atoms with E-state index in [0.29, 0.717) is 6.42 Å². The van der Waals surface area contributed by atoms with Crippen LogP contribution in [0, 0.1) is 28.6 Å². The highest BCUT2D eigenvalue weighted by Gasteiger charge is 2.70. The molecule has 0 heterocycles. The number of fused-ring (bicyclic) bond motifs is 6. The lowest BCUT2D eigenvalue weighted by Gasteiger charge is -2.59. The molecule has 0 unspecified atom stereocenters. The quantitative estimate of drug-likeness (QED) is 0.739. The number of rotatable bonds is 1. The molecule has 2 heteroatoms. The van der Waals surface area contributed by atoms with Gasteiger partial charge in [-0.3, -0.25) is 0 Å². The lowest BCUT2D eigenvalue weighted by atomic mass is 9.38. The first-order valence-electron chi connectivity index (χ1n) is 7.39. The molecule has 104 valence electrons. The molecule has 2 aliphatic carbocycles. The van der Waals surface area contributed by atoms with E-state index in [-0.39, 0.29) is 5.92 Å². The molecular weight excluding hydrogens is 268 g/mol. The molecule has 1 fully saturated rings. The van der Waals surface area contributed by atoms with Gasteiger partial charge >= 0.3 is 0 Å². The van der Waals surface area contributed by atoms with Gasteiger partial charge in [-0.1, -0.05) is 54.6 Å². The van der Waals surface area contributed by atoms with Crippen LogP contribution in [0.5, 0.6) is 0 Å². The van der Waals surface area contributed by atoms with Crippen LogP contribution in [0.1, 0.15) is 17.5 Å². The summed E-state index contributed by atoms with van der Waals surface area (Å²) in [5, 5.41) is 20.1. The standard InChI is InChI=1S/C20H14N2/c1-2-14-11-19(12-21)17-9-5-3-7-15(17)16-8-4-6-10-18(16)20(14,19)13-22/h2-10,14H,1,11H2/t14-,19-,20-/m1/s1. The smallest absolute Gasteiger partial charge is 0.112 e. The van der Waals surface area contributed by atoms with Gasteiger partial charge < -0.3 is 0 Å². The van der Waals surface area contributed by atoms with Gasteiger partial charge in [0.2, 0.25) is 0 Å². The van der Waals surface area contributed by atoms with Crippen LogP contribution < -0.4 is 0 Å². The molecule has 0 spiro atoms. The summed E-state index contributed by atoms with van der Waals surface area (Å²) in [6.07, 6.45) is 2.50. The summed E-state index contributed by atoms with van der Waals surface area (Å²) in [5.74, 6) is 0.00616. The third kappa shape index (κ3) is 1.12. The molecule has 0 N–H and O–H groups in total. The van der Waals surface area contributed by atoms with E-state index in [9.17, 15) is 10.5 Å². The third-order valence-corrected chi connectivity index (χ3v) is 5.44. The van der Waals surface area contributed by atoms with Crippen LogP contribution >= 0.6 is 0 Å². The Balaban J connectivity index is 2.18. The minimum Gasteiger partial charge on any atom is -0.197 e. The molecule has 0 saturated heterocycles. The van der Waals surface area contributed by atoms with Gasteiger partial charge in [0.05, 0.1) is 12.1 Å². The predicted molar refractivity (Wildman–Crippen MR) is 84.8 cm³/mol. The molecule has 2 aromatic carbocycles. The molecule has 2 nitrogen and oxygen atoms in total. The highest BCUT2D eigenvalue weighted by molar-refractivity contribution is 5.82. The van der Waals surface area contributed by atoms with Crippen molar-refractivity contribution in [1.82, 2.24) is 0 Å². The van der Waals surface area contributed by atoms with Crippen LogP contribution in [-0.2, 0) is 10.8 Å². The molecule has 0 bridgehead atoms. The van der Waals surface area contributed by atoms with Crippen LogP contribution in [0.2, 0.25) is 0 Å². The Morgan fingerprint density at radius 2 is 1.55 bits per heavy atom. The molecule has 0 amide bonds. The summed E-state index contributed by atoms with van der Waals surface area (Å²) < 4.78 is 0. The lowest BCUT2D eigenvalue weighted by Crippen LogP contribution is -2.64. The van der Waals surface area contributed by atoms with Crippen molar-refractivity contribution in [2.24, 2.45) is 5.92 Å². The van der Waals surface area contributed by atoms with Gasteiger partial charge in [0.25, 0.3) is 0 Å². The van der Waals surface area contributed by atoms with Crippen molar-refractivity contribution in [3.63, 3.8) is 0 Å². The van der Waals surface area contributed by atoms with Gasteiger partial charge in [-0.25, -0.2) is 0 Å². The van der Waals surface area contributed by atoms with Crippen LogP contribution in [0.25, 0.3) is 11.1 Å². The summed E-state index contributed by atoms with van der Waals surface area (Å²) >= 11 is 0. The van der Waals surface area contributed by atoms with Gasteiger partial charge in [0.1, 0.15) is 10.8 Å². The molecule has 22 heavy (non-hydrogen) atoms. The van der Waals surface area contributed by atoms with E-state index in [4.69, 9.17) is 0 Å². The second kappa shape index (κ2) is 4.09. The Hall–Kier alpha value is -2.84. The topological polar surface area (TPSA) is 47.6 Å². The molecule has 2 aliphatic rings. The van der Waals surface area contributed by atoms with Crippen molar-refractivity contribution >= 4 is 0 Å². The summed E-state index contributed by atoms with van der Waals surface area (Å²) in [5.41, 5.74) is 2.50. The van der Waals surface area contributed by atoms with E-state index in [1.165, 1.54) is 0 Å². The van der Waals surface area contributed by atoms with Crippen molar-refractivity contribution in [1.29, 1.82) is 10.5 Å². The molecule has 1 saturated carbocycles. The summed E-state index contributed by atoms with van der Waals surface area (Å²) in [6, 6.07) is 21.0. The fraction of sp³-hybridized carbons (Fsp3) is 0.200. The summed E-state index contributed by atoms with van der Waals surface area (Å²) in [4.78, 5) is 0. The van der Waals surface area contributed by atoms with E-state index in [1.807, 2.05) is 48.5 Å². The van der Waals surface area contributed by atoms with Crippen LogP contribution in [0.3, 0.4) is 0 Å². The zero-order valence-corrected chi connectivity index (χ0v) is 12.1. The monoisotopic (exact) mass is 282 g/mol. The molecule has 0 aromatic heterocycles. The Kier molecular flexibility index (Phi) is 2.39. The van der Waals surface area contributed by atoms with Gasteiger partial charge in [0.15, 0.2) is 0 Å².